The number of carbonyl (C=O) groups excluding carboxylic acids is 2. The van der Waals surface area contributed by atoms with Crippen LogP contribution < -0.4 is 15.0 Å². The summed E-state index contributed by atoms with van der Waals surface area (Å²) in [5.74, 6) is -1.26. The largest absolute Gasteiger partial charge is 0.497 e. The van der Waals surface area contributed by atoms with E-state index in [1.807, 2.05) is 24.3 Å². The zero-order valence-corrected chi connectivity index (χ0v) is 25.5. The Kier molecular flexibility index (Phi) is 8.68. The molecule has 46 heavy (non-hydrogen) atoms. The number of anilines is 2. The maximum atomic E-state index is 14.4. The molecule has 2 aliphatic rings. The number of aromatic nitrogens is 1. The van der Waals surface area contributed by atoms with Crippen molar-refractivity contribution in [2.75, 3.05) is 50.6 Å². The van der Waals surface area contributed by atoms with Crippen molar-refractivity contribution in [3.63, 3.8) is 0 Å². The predicted molar refractivity (Wildman–Crippen MR) is 169 cm³/mol. The number of likely N-dealkylation sites (N-methyl/N-ethyl adjacent to an activating group) is 1. The van der Waals surface area contributed by atoms with Crippen LogP contribution in [0.15, 0.2) is 91.3 Å². The van der Waals surface area contributed by atoms with Gasteiger partial charge in [0.05, 0.1) is 24.6 Å². The van der Waals surface area contributed by atoms with Crippen LogP contribution in [0.25, 0.3) is 0 Å². The number of halogens is 3. The van der Waals surface area contributed by atoms with E-state index in [1.165, 1.54) is 19.2 Å². The van der Waals surface area contributed by atoms with Crippen molar-refractivity contribution in [2.24, 2.45) is 0 Å². The average Bonchev–Trinajstić information content (AvgIpc) is 3.06. The summed E-state index contributed by atoms with van der Waals surface area (Å²) in [4.78, 5) is 38.8. The van der Waals surface area contributed by atoms with Crippen molar-refractivity contribution in [3.8, 4) is 5.75 Å². The van der Waals surface area contributed by atoms with E-state index in [2.05, 4.69) is 27.1 Å². The van der Waals surface area contributed by atoms with Crippen LogP contribution in [0, 0.1) is 0 Å². The normalized spacial score (nSPS) is 18.7. The number of benzene rings is 3. The molecule has 1 fully saturated rings. The molecule has 3 aromatic carbocycles. The second-order valence-electron chi connectivity index (χ2n) is 11.6. The lowest BCUT2D eigenvalue weighted by atomic mass is 9.78. The number of alkyl halides is 3. The minimum absolute atomic E-state index is 0.104. The molecule has 6 rings (SSSR count). The van der Waals surface area contributed by atoms with Crippen LogP contribution in [0.4, 0.5) is 24.5 Å². The van der Waals surface area contributed by atoms with Crippen molar-refractivity contribution in [3.05, 3.63) is 119 Å². The van der Waals surface area contributed by atoms with Gasteiger partial charge in [-0.25, -0.2) is 0 Å². The van der Waals surface area contributed by atoms with Crippen molar-refractivity contribution >= 4 is 23.2 Å². The summed E-state index contributed by atoms with van der Waals surface area (Å²) < 4.78 is 46.0. The van der Waals surface area contributed by atoms with Crippen molar-refractivity contribution in [1.82, 2.24) is 14.8 Å². The highest BCUT2D eigenvalue weighted by Gasteiger charge is 2.45. The van der Waals surface area contributed by atoms with Crippen LogP contribution in [0.3, 0.4) is 0 Å². The van der Waals surface area contributed by atoms with E-state index in [9.17, 15) is 22.8 Å². The molecule has 2 aliphatic heterocycles. The lowest BCUT2D eigenvalue weighted by molar-refractivity contribution is -0.137. The lowest BCUT2D eigenvalue weighted by Crippen LogP contribution is -2.45. The summed E-state index contributed by atoms with van der Waals surface area (Å²) >= 11 is 0. The number of hydrogen-bond acceptors (Lipinski definition) is 6. The van der Waals surface area contributed by atoms with Crippen LogP contribution in [0.5, 0.6) is 5.75 Å². The maximum Gasteiger partial charge on any atom is 0.416 e. The number of piperazine rings is 1. The fraction of sp³-hybridized carbons (Fsp3) is 0.286. The van der Waals surface area contributed by atoms with Gasteiger partial charge in [-0.1, -0.05) is 24.3 Å². The minimum Gasteiger partial charge on any atom is -0.497 e. The first-order valence-electron chi connectivity index (χ1n) is 15.0. The highest BCUT2D eigenvalue weighted by Crippen LogP contribution is 2.45. The zero-order valence-electron chi connectivity index (χ0n) is 25.5. The molecule has 1 saturated heterocycles. The molecule has 238 valence electrons. The molecule has 0 bridgehead atoms. The van der Waals surface area contributed by atoms with Crippen LogP contribution >= 0.6 is 0 Å². The smallest absolute Gasteiger partial charge is 0.416 e. The third-order valence-corrected chi connectivity index (χ3v) is 8.68. The topological polar surface area (TPSA) is 78.0 Å². The van der Waals surface area contributed by atoms with Crippen molar-refractivity contribution in [2.45, 2.75) is 24.7 Å². The van der Waals surface area contributed by atoms with Crippen molar-refractivity contribution < 1.29 is 27.5 Å². The number of fused-ring (bicyclic) bond motifs is 1. The quantitative estimate of drug-likeness (QED) is 0.271. The first-order valence-corrected chi connectivity index (χ1v) is 15.0. The summed E-state index contributed by atoms with van der Waals surface area (Å²) in [5, 5.41) is 3.07. The highest BCUT2D eigenvalue weighted by molar-refractivity contribution is 6.04. The van der Waals surface area contributed by atoms with Crippen LogP contribution in [-0.4, -0.2) is 66.9 Å². The maximum absolute atomic E-state index is 14.4. The van der Waals surface area contributed by atoms with Crippen LogP contribution in [-0.2, 0) is 17.5 Å². The number of amides is 2. The molecule has 11 heteroatoms. The number of nitrogens with zero attached hydrogens (tertiary/aromatic N) is 4. The minimum atomic E-state index is -4.54. The Bertz CT molecular complexity index is 1710. The number of hydrogen-bond donors (Lipinski definition) is 1. The molecule has 0 unspecified atom stereocenters. The van der Waals surface area contributed by atoms with E-state index in [4.69, 9.17) is 4.74 Å². The Morgan fingerprint density at radius 3 is 2.35 bits per heavy atom. The molecule has 4 aromatic rings. The van der Waals surface area contributed by atoms with E-state index in [-0.39, 0.29) is 18.4 Å². The van der Waals surface area contributed by atoms with Gasteiger partial charge in [0, 0.05) is 62.1 Å². The molecular formula is C35H34F3N5O3. The first kappa shape index (κ1) is 31.1. The van der Waals surface area contributed by atoms with Gasteiger partial charge in [-0.15, -0.1) is 0 Å². The Balaban J connectivity index is 1.43. The molecule has 0 radical (unpaired) electrons. The Morgan fingerprint density at radius 1 is 0.957 bits per heavy atom. The summed E-state index contributed by atoms with van der Waals surface area (Å²) in [6.07, 6.45) is -1.33. The standard InChI is InChI=1S/C35H34F3N5O3/c1-41-16-18-42(19-17-41)27-5-3-4-26(20-27)40-33(44)31-29-11-10-28(46-2)21-30(29)34(45)43(22-23-12-14-39-15-13-23)32(31)24-6-8-25(9-7-24)35(36,37)38/h3-15,20-21,31-32H,16-19,22H2,1-2H3,(H,40,44)/t31-,32+/m1/s1. The van der Waals surface area contributed by atoms with Gasteiger partial charge in [0.1, 0.15) is 5.75 Å². The average molecular weight is 630 g/mol. The number of carbonyl (C=O) groups is 2. The van der Waals surface area contributed by atoms with Gasteiger partial charge in [0.2, 0.25) is 5.91 Å². The van der Waals surface area contributed by atoms with E-state index in [1.54, 1.807) is 47.6 Å². The number of ether oxygens (including phenoxy) is 1. The second kappa shape index (κ2) is 12.8. The summed E-state index contributed by atoms with van der Waals surface area (Å²) in [5.41, 5.74) is 2.67. The molecule has 0 saturated carbocycles. The molecule has 3 heterocycles. The monoisotopic (exact) mass is 629 g/mol. The number of methoxy groups -OCH3 is 1. The second-order valence-corrected chi connectivity index (χ2v) is 11.6. The van der Waals surface area contributed by atoms with E-state index < -0.39 is 23.7 Å². The molecule has 1 N–H and O–H groups in total. The van der Waals surface area contributed by atoms with Gasteiger partial charge in [-0.3, -0.25) is 14.6 Å². The number of pyridine rings is 1. The summed E-state index contributed by atoms with van der Waals surface area (Å²) in [7, 11) is 3.58. The van der Waals surface area contributed by atoms with Crippen molar-refractivity contribution in [1.29, 1.82) is 0 Å². The van der Waals surface area contributed by atoms with E-state index in [0.29, 0.717) is 28.1 Å². The first-order chi connectivity index (χ1) is 22.1. The highest BCUT2D eigenvalue weighted by atomic mass is 19.4. The van der Waals surface area contributed by atoms with Crippen LogP contribution in [0.1, 0.15) is 44.6 Å². The fourth-order valence-electron chi connectivity index (χ4n) is 6.20. The Hall–Kier alpha value is -4.90. The van der Waals surface area contributed by atoms with E-state index >= 15 is 0 Å². The molecular weight excluding hydrogens is 595 g/mol. The van der Waals surface area contributed by atoms with Gasteiger partial charge >= 0.3 is 6.18 Å². The molecule has 2 atom stereocenters. The van der Waals surface area contributed by atoms with E-state index in [0.717, 1.165) is 49.6 Å². The summed E-state index contributed by atoms with van der Waals surface area (Å²) in [6, 6.07) is 19.9. The SMILES string of the molecule is COc1ccc2c(c1)C(=O)N(Cc1ccncc1)[C@@H](c1ccc(C(F)(F)F)cc1)[C@@H]2C(=O)Nc1cccc(N2CCN(C)CC2)c1. The predicted octanol–water partition coefficient (Wildman–Crippen LogP) is 5.98. The Morgan fingerprint density at radius 2 is 1.67 bits per heavy atom. The molecule has 1 aromatic heterocycles. The number of nitrogens with one attached hydrogen (secondary N) is 1. The fourth-order valence-corrected chi connectivity index (χ4v) is 6.20. The van der Waals surface area contributed by atoms with Crippen LogP contribution in [0.2, 0.25) is 0 Å². The number of rotatable bonds is 7. The zero-order chi connectivity index (χ0) is 32.4. The van der Waals surface area contributed by atoms with Gasteiger partial charge in [0.25, 0.3) is 5.91 Å². The molecule has 0 aliphatic carbocycles. The molecule has 0 spiro atoms. The molecule has 2 amide bonds. The third kappa shape index (κ3) is 6.41. The van der Waals surface area contributed by atoms with Gasteiger partial charge < -0.3 is 24.8 Å². The van der Waals surface area contributed by atoms with Gasteiger partial charge in [-0.05, 0) is 78.3 Å². The molecule has 8 nitrogen and oxygen atoms in total. The summed E-state index contributed by atoms with van der Waals surface area (Å²) in [6.45, 7) is 3.66. The third-order valence-electron chi connectivity index (χ3n) is 8.68. The van der Waals surface area contributed by atoms with Gasteiger partial charge in [0.15, 0.2) is 0 Å². The van der Waals surface area contributed by atoms with Gasteiger partial charge in [-0.2, -0.15) is 13.2 Å². The Labute approximate surface area is 265 Å². The lowest BCUT2D eigenvalue weighted by Gasteiger charge is -2.42.